The molecule has 1 saturated heterocycles. The molecule has 4 nitrogen and oxygen atoms in total. The standard InChI is InChI=1S/C10H19NO3/c1-8(10(13)14)11-5-2-9(3-6-11)4-7-12/h8-9,12H,2-7H2,1H3,(H,13,14). The Kier molecular flexibility index (Phi) is 4.35. The van der Waals surface area contributed by atoms with E-state index in [0.717, 1.165) is 32.4 Å². The first-order valence-electron chi connectivity index (χ1n) is 5.23. The Hall–Kier alpha value is -0.610. The lowest BCUT2D eigenvalue weighted by molar-refractivity contribution is -0.143. The minimum atomic E-state index is -0.745. The third-order valence-corrected chi connectivity index (χ3v) is 3.09. The molecule has 0 aliphatic carbocycles. The quantitative estimate of drug-likeness (QED) is 0.697. The Balaban J connectivity index is 2.31. The second-order valence-corrected chi connectivity index (χ2v) is 4.01. The summed E-state index contributed by atoms with van der Waals surface area (Å²) < 4.78 is 0. The zero-order chi connectivity index (χ0) is 10.6. The van der Waals surface area contributed by atoms with Crippen molar-refractivity contribution in [2.75, 3.05) is 19.7 Å². The fourth-order valence-corrected chi connectivity index (χ4v) is 1.97. The van der Waals surface area contributed by atoms with Crippen LogP contribution in [0.3, 0.4) is 0 Å². The van der Waals surface area contributed by atoms with Gasteiger partial charge < -0.3 is 10.2 Å². The van der Waals surface area contributed by atoms with Gasteiger partial charge in [0, 0.05) is 6.61 Å². The molecule has 1 fully saturated rings. The number of likely N-dealkylation sites (tertiary alicyclic amines) is 1. The summed E-state index contributed by atoms with van der Waals surface area (Å²) in [5.74, 6) is -0.164. The fourth-order valence-electron chi connectivity index (χ4n) is 1.97. The molecule has 0 radical (unpaired) electrons. The highest BCUT2D eigenvalue weighted by atomic mass is 16.4. The second-order valence-electron chi connectivity index (χ2n) is 4.01. The van der Waals surface area contributed by atoms with Gasteiger partial charge in [-0.15, -0.1) is 0 Å². The zero-order valence-corrected chi connectivity index (χ0v) is 8.65. The molecule has 0 aromatic carbocycles. The van der Waals surface area contributed by atoms with Crippen LogP contribution in [0.1, 0.15) is 26.2 Å². The molecule has 0 saturated carbocycles. The highest BCUT2D eigenvalue weighted by Gasteiger charge is 2.25. The molecule has 0 aromatic rings. The van der Waals surface area contributed by atoms with Gasteiger partial charge in [-0.2, -0.15) is 0 Å². The van der Waals surface area contributed by atoms with Gasteiger partial charge in [0.2, 0.25) is 0 Å². The van der Waals surface area contributed by atoms with E-state index in [0.29, 0.717) is 5.92 Å². The van der Waals surface area contributed by atoms with Crippen molar-refractivity contribution in [3.05, 3.63) is 0 Å². The van der Waals surface area contributed by atoms with Crippen LogP contribution in [0.25, 0.3) is 0 Å². The summed E-state index contributed by atoms with van der Waals surface area (Å²) in [5, 5.41) is 17.6. The van der Waals surface area contributed by atoms with Gasteiger partial charge in [-0.1, -0.05) is 0 Å². The lowest BCUT2D eigenvalue weighted by Gasteiger charge is -2.33. The zero-order valence-electron chi connectivity index (χ0n) is 8.65. The van der Waals surface area contributed by atoms with Crippen LogP contribution in [0.15, 0.2) is 0 Å². The third kappa shape index (κ3) is 2.96. The molecule has 4 heteroatoms. The van der Waals surface area contributed by atoms with Crippen LogP contribution in [-0.2, 0) is 4.79 Å². The molecule has 0 spiro atoms. The minimum absolute atomic E-state index is 0.249. The van der Waals surface area contributed by atoms with E-state index in [9.17, 15) is 4.79 Å². The van der Waals surface area contributed by atoms with Crippen molar-refractivity contribution < 1.29 is 15.0 Å². The maximum absolute atomic E-state index is 10.7. The summed E-state index contributed by atoms with van der Waals surface area (Å²) >= 11 is 0. The number of aliphatic hydroxyl groups excluding tert-OH is 1. The summed E-state index contributed by atoms with van der Waals surface area (Å²) in [6, 6.07) is -0.370. The van der Waals surface area contributed by atoms with E-state index < -0.39 is 5.97 Å². The number of rotatable bonds is 4. The highest BCUT2D eigenvalue weighted by molar-refractivity contribution is 5.72. The number of aliphatic hydroxyl groups is 1. The number of carbonyl (C=O) groups is 1. The van der Waals surface area contributed by atoms with Gasteiger partial charge >= 0.3 is 5.97 Å². The highest BCUT2D eigenvalue weighted by Crippen LogP contribution is 2.21. The number of piperidine rings is 1. The number of aliphatic carboxylic acids is 1. The first kappa shape index (κ1) is 11.5. The van der Waals surface area contributed by atoms with Crippen molar-refractivity contribution in [2.45, 2.75) is 32.2 Å². The van der Waals surface area contributed by atoms with Crippen LogP contribution in [-0.4, -0.2) is 46.8 Å². The van der Waals surface area contributed by atoms with Crippen molar-refractivity contribution >= 4 is 5.97 Å². The van der Waals surface area contributed by atoms with Crippen LogP contribution < -0.4 is 0 Å². The van der Waals surface area contributed by atoms with Gasteiger partial charge in [-0.05, 0) is 45.2 Å². The summed E-state index contributed by atoms with van der Waals surface area (Å²) in [5.41, 5.74) is 0. The molecular weight excluding hydrogens is 182 g/mol. The smallest absolute Gasteiger partial charge is 0.320 e. The molecular formula is C10H19NO3. The average molecular weight is 201 g/mol. The fraction of sp³-hybridized carbons (Fsp3) is 0.900. The predicted molar refractivity (Wildman–Crippen MR) is 53.1 cm³/mol. The molecule has 1 atom stereocenters. The minimum Gasteiger partial charge on any atom is -0.480 e. The maximum atomic E-state index is 10.7. The lowest BCUT2D eigenvalue weighted by atomic mass is 9.93. The SMILES string of the molecule is CC(C(=O)O)N1CCC(CCO)CC1. The van der Waals surface area contributed by atoms with Gasteiger partial charge in [0.1, 0.15) is 6.04 Å². The molecule has 1 unspecified atom stereocenters. The Morgan fingerprint density at radius 1 is 1.50 bits per heavy atom. The van der Waals surface area contributed by atoms with Crippen LogP contribution in [0.2, 0.25) is 0 Å². The van der Waals surface area contributed by atoms with Crippen LogP contribution in [0.4, 0.5) is 0 Å². The number of hydrogen-bond donors (Lipinski definition) is 2. The van der Waals surface area contributed by atoms with E-state index in [1.807, 2.05) is 4.90 Å². The summed E-state index contributed by atoms with van der Waals surface area (Å²) in [6.45, 7) is 3.67. The van der Waals surface area contributed by atoms with E-state index in [1.165, 1.54) is 0 Å². The topological polar surface area (TPSA) is 60.8 Å². The lowest BCUT2D eigenvalue weighted by Crippen LogP contribution is -2.44. The van der Waals surface area contributed by atoms with Crippen molar-refractivity contribution in [2.24, 2.45) is 5.92 Å². The molecule has 1 aliphatic rings. The molecule has 2 N–H and O–H groups in total. The third-order valence-electron chi connectivity index (χ3n) is 3.09. The predicted octanol–water partition coefficient (Wildman–Crippen LogP) is 0.554. The number of carboxylic acid groups (broad SMARTS) is 1. The van der Waals surface area contributed by atoms with Crippen molar-refractivity contribution in [3.8, 4) is 0 Å². The molecule has 0 aromatic heterocycles. The Morgan fingerprint density at radius 2 is 2.07 bits per heavy atom. The van der Waals surface area contributed by atoms with E-state index in [2.05, 4.69) is 0 Å². The molecule has 1 aliphatic heterocycles. The monoisotopic (exact) mass is 201 g/mol. The Labute approximate surface area is 84.5 Å². The van der Waals surface area contributed by atoms with Crippen LogP contribution >= 0.6 is 0 Å². The van der Waals surface area contributed by atoms with E-state index in [1.54, 1.807) is 6.92 Å². The number of hydrogen-bond acceptors (Lipinski definition) is 3. The molecule has 0 amide bonds. The van der Waals surface area contributed by atoms with E-state index >= 15 is 0 Å². The first-order chi connectivity index (χ1) is 6.65. The van der Waals surface area contributed by atoms with Gasteiger partial charge in [0.05, 0.1) is 0 Å². The van der Waals surface area contributed by atoms with E-state index in [4.69, 9.17) is 10.2 Å². The van der Waals surface area contributed by atoms with Crippen LogP contribution in [0, 0.1) is 5.92 Å². The average Bonchev–Trinajstić information content (AvgIpc) is 2.18. The summed E-state index contributed by atoms with van der Waals surface area (Å²) in [4.78, 5) is 12.7. The molecule has 14 heavy (non-hydrogen) atoms. The van der Waals surface area contributed by atoms with Crippen molar-refractivity contribution in [1.82, 2.24) is 4.90 Å². The Bertz CT molecular complexity index is 188. The first-order valence-corrected chi connectivity index (χ1v) is 5.23. The number of nitrogens with zero attached hydrogens (tertiary/aromatic N) is 1. The maximum Gasteiger partial charge on any atom is 0.320 e. The van der Waals surface area contributed by atoms with E-state index in [-0.39, 0.29) is 12.6 Å². The van der Waals surface area contributed by atoms with Crippen molar-refractivity contribution in [3.63, 3.8) is 0 Å². The largest absolute Gasteiger partial charge is 0.480 e. The summed E-state index contributed by atoms with van der Waals surface area (Å²) in [7, 11) is 0. The second kappa shape index (κ2) is 5.32. The Morgan fingerprint density at radius 3 is 2.50 bits per heavy atom. The molecule has 0 bridgehead atoms. The normalized spacial score (nSPS) is 22.1. The van der Waals surface area contributed by atoms with Gasteiger partial charge in [0.15, 0.2) is 0 Å². The molecule has 1 heterocycles. The number of carboxylic acids is 1. The molecule has 1 rings (SSSR count). The van der Waals surface area contributed by atoms with Gasteiger partial charge in [0.25, 0.3) is 0 Å². The summed E-state index contributed by atoms with van der Waals surface area (Å²) in [6.07, 6.45) is 2.88. The molecule has 82 valence electrons. The van der Waals surface area contributed by atoms with Gasteiger partial charge in [-0.3, -0.25) is 9.69 Å². The van der Waals surface area contributed by atoms with Gasteiger partial charge in [-0.25, -0.2) is 0 Å². The van der Waals surface area contributed by atoms with Crippen LogP contribution in [0.5, 0.6) is 0 Å². The van der Waals surface area contributed by atoms with Crippen molar-refractivity contribution in [1.29, 1.82) is 0 Å².